The molecule has 2 heteroatoms. The maximum Gasteiger partial charge on any atom is 0.0243 e. The highest BCUT2D eigenvalue weighted by Crippen LogP contribution is 2.20. The molecule has 0 atom stereocenters. The van der Waals surface area contributed by atoms with E-state index >= 15 is 0 Å². The quantitative estimate of drug-likeness (QED) is 0.703. The van der Waals surface area contributed by atoms with E-state index in [9.17, 15) is 5.21 Å². The molecule has 86 valence electrons. The molecule has 0 bridgehead atoms. The van der Waals surface area contributed by atoms with E-state index in [0.29, 0.717) is 10.8 Å². The second-order valence-electron chi connectivity index (χ2n) is 6.57. The Kier molecular flexibility index (Phi) is 5.10. The van der Waals surface area contributed by atoms with Crippen LogP contribution in [-0.4, -0.2) is 23.4 Å². The van der Waals surface area contributed by atoms with Crippen LogP contribution in [0.15, 0.2) is 0 Å². The van der Waals surface area contributed by atoms with E-state index in [-0.39, 0.29) is 0 Å². The summed E-state index contributed by atoms with van der Waals surface area (Å²) >= 11 is 0. The van der Waals surface area contributed by atoms with Crippen LogP contribution < -0.4 is 0 Å². The third kappa shape index (κ3) is 10.0. The number of rotatable bonds is 4. The molecule has 2 nitrogen and oxygen atoms in total. The predicted molar refractivity (Wildman–Crippen MR) is 61.5 cm³/mol. The van der Waals surface area contributed by atoms with Gasteiger partial charge in [0.1, 0.15) is 0 Å². The topological polar surface area (TPSA) is 23.5 Å². The van der Waals surface area contributed by atoms with Crippen molar-refractivity contribution in [3.63, 3.8) is 0 Å². The Morgan fingerprint density at radius 3 is 1.29 bits per heavy atom. The van der Waals surface area contributed by atoms with Crippen molar-refractivity contribution in [3.8, 4) is 0 Å². The highest BCUT2D eigenvalue weighted by atomic mass is 16.5. The minimum Gasteiger partial charge on any atom is -0.314 e. The fourth-order valence-electron chi connectivity index (χ4n) is 1.04. The van der Waals surface area contributed by atoms with E-state index in [1.165, 1.54) is 5.06 Å². The highest BCUT2D eigenvalue weighted by Gasteiger charge is 2.15. The van der Waals surface area contributed by atoms with Crippen molar-refractivity contribution < 1.29 is 5.21 Å². The maximum absolute atomic E-state index is 9.61. The Hall–Kier alpha value is -0.0800. The number of hydrogen-bond donors (Lipinski definition) is 1. The molecule has 0 radical (unpaired) electrons. The maximum atomic E-state index is 9.61. The summed E-state index contributed by atoms with van der Waals surface area (Å²) in [4.78, 5) is 0. The lowest BCUT2D eigenvalue weighted by atomic mass is 9.91. The summed E-state index contributed by atoms with van der Waals surface area (Å²) in [6.07, 6.45) is 2.07. The molecule has 0 fully saturated rings. The second kappa shape index (κ2) is 5.13. The van der Waals surface area contributed by atoms with Crippen LogP contribution in [0.5, 0.6) is 0 Å². The van der Waals surface area contributed by atoms with Crippen LogP contribution in [0.1, 0.15) is 54.4 Å². The van der Waals surface area contributed by atoms with Crippen LogP contribution in [-0.2, 0) is 0 Å². The van der Waals surface area contributed by atoms with Gasteiger partial charge in [-0.2, -0.15) is 5.06 Å². The molecule has 0 saturated carbocycles. The van der Waals surface area contributed by atoms with Crippen LogP contribution in [0.4, 0.5) is 0 Å². The lowest BCUT2D eigenvalue weighted by molar-refractivity contribution is -0.101. The van der Waals surface area contributed by atoms with Gasteiger partial charge in [0.25, 0.3) is 0 Å². The van der Waals surface area contributed by atoms with Crippen molar-refractivity contribution in [2.24, 2.45) is 10.8 Å². The largest absolute Gasteiger partial charge is 0.314 e. The Morgan fingerprint density at radius 2 is 1.07 bits per heavy atom. The summed E-state index contributed by atoms with van der Waals surface area (Å²) in [5.74, 6) is 0. The summed E-state index contributed by atoms with van der Waals surface area (Å²) in [5.41, 5.74) is 0.616. The monoisotopic (exact) mass is 201 g/mol. The van der Waals surface area contributed by atoms with E-state index in [0.717, 1.165) is 25.9 Å². The minimum atomic E-state index is 0.308. The summed E-state index contributed by atoms with van der Waals surface area (Å²) < 4.78 is 0. The molecule has 0 spiro atoms. The van der Waals surface area contributed by atoms with E-state index in [1.54, 1.807) is 0 Å². The fraction of sp³-hybridized carbons (Fsp3) is 1.00. The van der Waals surface area contributed by atoms with Crippen molar-refractivity contribution in [3.05, 3.63) is 0 Å². The molecule has 0 aliphatic carbocycles. The van der Waals surface area contributed by atoms with E-state index < -0.39 is 0 Å². The molecule has 0 amide bonds. The average molecular weight is 201 g/mol. The first-order valence-electron chi connectivity index (χ1n) is 5.54. The Labute approximate surface area is 89.3 Å². The summed E-state index contributed by atoms with van der Waals surface area (Å²) in [7, 11) is 0. The number of nitrogens with zero attached hydrogens (tertiary/aromatic N) is 1. The zero-order chi connectivity index (χ0) is 11.4. The standard InChI is InChI=1S/C12H27NO/c1-11(2,3)7-9-13(14)10-8-12(4,5)6/h14H,7-10H2,1-6H3. The summed E-state index contributed by atoms with van der Waals surface area (Å²) in [6, 6.07) is 0. The molecular weight excluding hydrogens is 174 g/mol. The second-order valence-corrected chi connectivity index (χ2v) is 6.57. The molecule has 0 rings (SSSR count). The molecule has 14 heavy (non-hydrogen) atoms. The molecule has 0 aliphatic heterocycles. The molecule has 1 N–H and O–H groups in total. The van der Waals surface area contributed by atoms with Gasteiger partial charge in [0.15, 0.2) is 0 Å². The Balaban J connectivity index is 3.62. The fourth-order valence-corrected chi connectivity index (χ4v) is 1.04. The third-order valence-corrected chi connectivity index (χ3v) is 2.24. The first-order valence-corrected chi connectivity index (χ1v) is 5.54. The lowest BCUT2D eigenvalue weighted by Gasteiger charge is -2.25. The lowest BCUT2D eigenvalue weighted by Crippen LogP contribution is -2.27. The Bertz CT molecular complexity index is 135. The van der Waals surface area contributed by atoms with Crippen LogP contribution in [0.2, 0.25) is 0 Å². The summed E-state index contributed by atoms with van der Waals surface area (Å²) in [5, 5.41) is 11.1. The van der Waals surface area contributed by atoms with E-state index in [2.05, 4.69) is 41.5 Å². The third-order valence-electron chi connectivity index (χ3n) is 2.24. The molecule has 0 aromatic rings. The van der Waals surface area contributed by atoms with Crippen LogP contribution >= 0.6 is 0 Å². The molecular formula is C12H27NO. The number of hydroxylamine groups is 2. The predicted octanol–water partition coefficient (Wildman–Crippen LogP) is 3.55. The highest BCUT2D eigenvalue weighted by molar-refractivity contribution is 4.65. The first-order chi connectivity index (χ1) is 6.10. The van der Waals surface area contributed by atoms with Crippen molar-refractivity contribution in [2.75, 3.05) is 13.1 Å². The van der Waals surface area contributed by atoms with Crippen molar-refractivity contribution in [1.82, 2.24) is 5.06 Å². The van der Waals surface area contributed by atoms with E-state index in [4.69, 9.17) is 0 Å². The summed E-state index contributed by atoms with van der Waals surface area (Å²) in [6.45, 7) is 14.7. The van der Waals surface area contributed by atoms with Crippen LogP contribution in [0, 0.1) is 10.8 Å². The van der Waals surface area contributed by atoms with E-state index in [1.807, 2.05) is 0 Å². The number of hydrogen-bond acceptors (Lipinski definition) is 2. The molecule has 0 saturated heterocycles. The normalized spacial score (nSPS) is 13.7. The molecule has 0 aromatic heterocycles. The van der Waals surface area contributed by atoms with Gasteiger partial charge in [-0.3, -0.25) is 0 Å². The SMILES string of the molecule is CC(C)(C)CCN(O)CCC(C)(C)C. The van der Waals surface area contributed by atoms with Gasteiger partial charge >= 0.3 is 0 Å². The molecule has 0 heterocycles. The van der Waals surface area contributed by atoms with Gasteiger partial charge in [0.05, 0.1) is 0 Å². The Morgan fingerprint density at radius 1 is 0.786 bits per heavy atom. The first kappa shape index (κ1) is 13.9. The zero-order valence-electron chi connectivity index (χ0n) is 10.7. The zero-order valence-corrected chi connectivity index (χ0v) is 10.7. The van der Waals surface area contributed by atoms with Gasteiger partial charge in [-0.05, 0) is 23.7 Å². The van der Waals surface area contributed by atoms with Gasteiger partial charge in [-0.25, -0.2) is 0 Å². The van der Waals surface area contributed by atoms with Crippen molar-refractivity contribution in [1.29, 1.82) is 0 Å². The van der Waals surface area contributed by atoms with Crippen molar-refractivity contribution >= 4 is 0 Å². The smallest absolute Gasteiger partial charge is 0.0243 e. The van der Waals surface area contributed by atoms with Gasteiger partial charge in [0, 0.05) is 13.1 Å². The van der Waals surface area contributed by atoms with Gasteiger partial charge in [-0.15, -0.1) is 0 Å². The van der Waals surface area contributed by atoms with Crippen LogP contribution in [0.3, 0.4) is 0 Å². The molecule has 0 aromatic carbocycles. The van der Waals surface area contributed by atoms with Crippen molar-refractivity contribution in [2.45, 2.75) is 54.4 Å². The average Bonchev–Trinajstić information content (AvgIpc) is 1.94. The molecule has 0 aliphatic rings. The van der Waals surface area contributed by atoms with Gasteiger partial charge in [-0.1, -0.05) is 41.5 Å². The van der Waals surface area contributed by atoms with Crippen LogP contribution in [0.25, 0.3) is 0 Å². The van der Waals surface area contributed by atoms with Gasteiger partial charge < -0.3 is 5.21 Å². The van der Waals surface area contributed by atoms with Gasteiger partial charge in [0.2, 0.25) is 0 Å². The molecule has 0 unspecified atom stereocenters. The minimum absolute atomic E-state index is 0.308.